The highest BCUT2D eigenvalue weighted by Gasteiger charge is 2.16. The monoisotopic (exact) mass is 590 g/mol. The smallest absolute Gasteiger partial charge is 0.337 e. The van der Waals surface area contributed by atoms with Gasteiger partial charge < -0.3 is 19.3 Å². The highest BCUT2D eigenvalue weighted by atomic mass is 16.5. The van der Waals surface area contributed by atoms with Crippen LogP contribution in [0.1, 0.15) is 58.9 Å². The van der Waals surface area contributed by atoms with Crippen LogP contribution in [0.25, 0.3) is 22.3 Å². The fourth-order valence-corrected chi connectivity index (χ4v) is 4.43. The van der Waals surface area contributed by atoms with E-state index >= 15 is 0 Å². The summed E-state index contributed by atoms with van der Waals surface area (Å²) in [6.07, 6.45) is 0. The number of esters is 3. The van der Waals surface area contributed by atoms with Crippen molar-refractivity contribution in [1.29, 1.82) is 10.5 Å². The Kier molecular flexibility index (Phi) is 11.1. The molecule has 0 saturated carbocycles. The van der Waals surface area contributed by atoms with Crippen molar-refractivity contribution in [3.63, 3.8) is 0 Å². The van der Waals surface area contributed by atoms with E-state index in [0.29, 0.717) is 38.9 Å². The van der Waals surface area contributed by atoms with E-state index in [4.69, 9.17) is 14.2 Å². The molecular weight excluding hydrogens is 560 g/mol. The molecule has 222 valence electrons. The molecule has 0 unspecified atom stereocenters. The number of aliphatic hydroxyl groups is 1. The maximum Gasteiger partial charge on any atom is 0.337 e. The summed E-state index contributed by atoms with van der Waals surface area (Å²) >= 11 is 0. The van der Waals surface area contributed by atoms with Crippen LogP contribution in [0.3, 0.4) is 0 Å². The number of aliphatic hydroxyl groups excluding tert-OH is 1. The van der Waals surface area contributed by atoms with Gasteiger partial charge in [-0.2, -0.15) is 10.5 Å². The van der Waals surface area contributed by atoms with Gasteiger partial charge in [-0.15, -0.1) is 0 Å². The minimum absolute atomic E-state index is 0.189. The third-order valence-electron chi connectivity index (χ3n) is 6.58. The Bertz CT molecular complexity index is 1780. The van der Waals surface area contributed by atoms with Crippen molar-refractivity contribution in [1.82, 2.24) is 0 Å². The Balaban J connectivity index is 0.000000241. The van der Waals surface area contributed by atoms with E-state index < -0.39 is 17.9 Å². The van der Waals surface area contributed by atoms with Crippen molar-refractivity contribution in [3.05, 3.63) is 117 Å². The summed E-state index contributed by atoms with van der Waals surface area (Å²) < 4.78 is 14.1. The first kappa shape index (κ1) is 32.7. The predicted molar refractivity (Wildman–Crippen MR) is 163 cm³/mol. The summed E-state index contributed by atoms with van der Waals surface area (Å²) in [5, 5.41) is 27.9. The first-order chi connectivity index (χ1) is 21.1. The van der Waals surface area contributed by atoms with Crippen LogP contribution in [0, 0.1) is 36.5 Å². The number of benzene rings is 4. The van der Waals surface area contributed by atoms with Crippen molar-refractivity contribution in [2.45, 2.75) is 20.5 Å². The van der Waals surface area contributed by atoms with Gasteiger partial charge in [0.2, 0.25) is 0 Å². The van der Waals surface area contributed by atoms with Crippen LogP contribution in [-0.2, 0) is 20.8 Å². The van der Waals surface area contributed by atoms with Gasteiger partial charge in [-0.3, -0.25) is 0 Å². The lowest BCUT2D eigenvalue weighted by atomic mass is 9.95. The average Bonchev–Trinajstić information content (AvgIpc) is 3.06. The Hall–Kier alpha value is -5.77. The molecule has 1 N–H and O–H groups in total. The molecule has 0 fully saturated rings. The minimum atomic E-state index is -0.567. The summed E-state index contributed by atoms with van der Waals surface area (Å²) in [6, 6.07) is 24.8. The summed E-state index contributed by atoms with van der Waals surface area (Å²) in [5.74, 6) is -1.61. The molecule has 0 spiro atoms. The Labute approximate surface area is 255 Å². The number of hydrogen-bond acceptors (Lipinski definition) is 9. The first-order valence-corrected chi connectivity index (χ1v) is 13.3. The van der Waals surface area contributed by atoms with Crippen LogP contribution < -0.4 is 0 Å². The second-order valence-electron chi connectivity index (χ2n) is 9.67. The first-order valence-electron chi connectivity index (χ1n) is 13.3. The van der Waals surface area contributed by atoms with Crippen LogP contribution in [0.5, 0.6) is 0 Å². The molecule has 4 rings (SSSR count). The van der Waals surface area contributed by atoms with Gasteiger partial charge in [0, 0.05) is 0 Å². The van der Waals surface area contributed by atoms with E-state index in [0.717, 1.165) is 16.7 Å². The second-order valence-corrected chi connectivity index (χ2v) is 9.67. The molecule has 0 aliphatic rings. The zero-order valence-electron chi connectivity index (χ0n) is 24.9. The number of methoxy groups -OCH3 is 3. The normalized spacial score (nSPS) is 9.91. The van der Waals surface area contributed by atoms with Crippen LogP contribution >= 0.6 is 0 Å². The minimum Gasteiger partial charge on any atom is -0.465 e. The van der Waals surface area contributed by atoms with E-state index in [2.05, 4.69) is 12.1 Å². The number of nitrogens with zero attached hydrogens (tertiary/aromatic N) is 2. The molecular formula is C35H30N2O7. The summed E-state index contributed by atoms with van der Waals surface area (Å²) in [5.41, 5.74) is 6.94. The zero-order chi connectivity index (χ0) is 32.4. The highest BCUT2D eigenvalue weighted by molar-refractivity contribution is 5.98. The SMILES string of the molecule is COC(=O)c1cc(C(=O)OC)cc(-c2ccc(C)cc2C#N)c1.COC(=O)c1cc(CO)cc(-c2ccc(C)cc2C#N)c1. The van der Waals surface area contributed by atoms with Gasteiger partial charge in [-0.05, 0) is 101 Å². The lowest BCUT2D eigenvalue weighted by Crippen LogP contribution is -2.07. The quantitative estimate of drug-likeness (QED) is 0.213. The molecule has 0 atom stereocenters. The van der Waals surface area contributed by atoms with Gasteiger partial charge in [-0.1, -0.05) is 24.3 Å². The van der Waals surface area contributed by atoms with Crippen molar-refractivity contribution in [2.75, 3.05) is 21.3 Å². The van der Waals surface area contributed by atoms with E-state index in [1.54, 1.807) is 48.5 Å². The summed E-state index contributed by atoms with van der Waals surface area (Å²) in [4.78, 5) is 35.4. The van der Waals surface area contributed by atoms with Crippen molar-refractivity contribution in [2.24, 2.45) is 0 Å². The average molecular weight is 591 g/mol. The van der Waals surface area contributed by atoms with Gasteiger partial charge in [0.15, 0.2) is 0 Å². The van der Waals surface area contributed by atoms with E-state index in [-0.39, 0.29) is 17.7 Å². The van der Waals surface area contributed by atoms with Crippen LogP contribution in [0.15, 0.2) is 72.8 Å². The van der Waals surface area contributed by atoms with Crippen LogP contribution in [0.2, 0.25) is 0 Å². The van der Waals surface area contributed by atoms with Crippen molar-refractivity contribution in [3.8, 4) is 34.4 Å². The molecule has 0 radical (unpaired) electrons. The fourth-order valence-electron chi connectivity index (χ4n) is 4.43. The number of rotatable bonds is 6. The molecule has 0 amide bonds. The van der Waals surface area contributed by atoms with Gasteiger partial charge in [0.1, 0.15) is 0 Å². The molecule has 4 aromatic rings. The lowest BCUT2D eigenvalue weighted by molar-refractivity contribution is 0.0587. The molecule has 0 aromatic heterocycles. The number of carbonyl (C=O) groups excluding carboxylic acids is 3. The largest absolute Gasteiger partial charge is 0.465 e. The number of carbonyl (C=O) groups is 3. The third kappa shape index (κ3) is 7.74. The van der Waals surface area contributed by atoms with E-state index in [1.807, 2.05) is 32.0 Å². The van der Waals surface area contributed by atoms with Crippen LogP contribution in [-0.4, -0.2) is 44.3 Å². The molecule has 0 heterocycles. The van der Waals surface area contributed by atoms with Gasteiger partial charge in [-0.25, -0.2) is 14.4 Å². The van der Waals surface area contributed by atoms with Crippen molar-refractivity contribution >= 4 is 17.9 Å². The fraction of sp³-hybridized carbons (Fsp3) is 0.171. The van der Waals surface area contributed by atoms with Gasteiger partial charge in [0.25, 0.3) is 0 Å². The Morgan fingerprint density at radius 2 is 1.00 bits per heavy atom. The molecule has 0 bridgehead atoms. The van der Waals surface area contributed by atoms with Gasteiger partial charge in [0.05, 0.1) is 67.9 Å². The third-order valence-corrected chi connectivity index (χ3v) is 6.58. The van der Waals surface area contributed by atoms with E-state index in [9.17, 15) is 30.0 Å². The topological polar surface area (TPSA) is 147 Å². The number of aryl methyl sites for hydroxylation is 2. The number of nitriles is 2. The Morgan fingerprint density at radius 1 is 0.614 bits per heavy atom. The number of hydrogen-bond donors (Lipinski definition) is 1. The van der Waals surface area contributed by atoms with Gasteiger partial charge >= 0.3 is 17.9 Å². The van der Waals surface area contributed by atoms with E-state index in [1.165, 1.54) is 27.4 Å². The lowest BCUT2D eigenvalue weighted by Gasteiger charge is -2.10. The molecule has 0 aliphatic carbocycles. The standard InChI is InChI=1S/C18H15NO4.C17H15NO3/c1-11-4-5-16(15(6-11)10-19)12-7-13(17(20)22-2)9-14(8-12)18(21)23-3;1-11-3-4-16(15(5-11)9-18)13-6-12(10-19)7-14(8-13)17(20)21-2/h4-9H,1-3H3;3-8,19H,10H2,1-2H3. The highest BCUT2D eigenvalue weighted by Crippen LogP contribution is 2.28. The molecule has 9 nitrogen and oxygen atoms in total. The maximum absolute atomic E-state index is 11.8. The molecule has 0 saturated heterocycles. The zero-order valence-corrected chi connectivity index (χ0v) is 24.9. The predicted octanol–water partition coefficient (Wildman–Crippen LogP) is 5.92. The summed E-state index contributed by atoms with van der Waals surface area (Å²) in [6.45, 7) is 3.61. The molecule has 9 heteroatoms. The maximum atomic E-state index is 11.8. The second kappa shape index (κ2) is 14.9. The molecule has 44 heavy (non-hydrogen) atoms. The molecule has 0 aliphatic heterocycles. The number of ether oxygens (including phenoxy) is 3. The Morgan fingerprint density at radius 3 is 1.36 bits per heavy atom. The van der Waals surface area contributed by atoms with Crippen LogP contribution in [0.4, 0.5) is 0 Å². The molecule has 4 aromatic carbocycles. The summed E-state index contributed by atoms with van der Waals surface area (Å²) in [7, 11) is 3.83. The van der Waals surface area contributed by atoms with Crippen molar-refractivity contribution < 1.29 is 33.7 Å².